The number of aryl methyl sites for hydroxylation is 2. The highest BCUT2D eigenvalue weighted by Gasteiger charge is 2.17. The van der Waals surface area contributed by atoms with Gasteiger partial charge in [-0.1, -0.05) is 22.0 Å². The largest absolute Gasteiger partial charge is 0.339 e. The molecule has 1 aromatic carbocycles. The summed E-state index contributed by atoms with van der Waals surface area (Å²) in [5, 5.41) is 12.6. The summed E-state index contributed by atoms with van der Waals surface area (Å²) in [5.74, 6) is 0.661. The molecule has 0 radical (unpaired) electrons. The third kappa shape index (κ3) is 2.30. The van der Waals surface area contributed by atoms with Gasteiger partial charge in [0, 0.05) is 15.9 Å². The van der Waals surface area contributed by atoms with E-state index in [2.05, 4.69) is 32.3 Å². The molecule has 1 aliphatic carbocycles. The molecule has 0 unspecified atom stereocenters. The number of aromatic nitrogens is 1. The van der Waals surface area contributed by atoms with E-state index in [0.717, 1.165) is 40.7 Å². The first-order valence-electron chi connectivity index (χ1n) is 6.64. The fraction of sp³-hybridized carbons (Fsp3) is 0.250. The Labute approximate surface area is 126 Å². The van der Waals surface area contributed by atoms with Crippen molar-refractivity contribution in [3.8, 4) is 6.07 Å². The molecule has 0 fully saturated rings. The maximum atomic E-state index is 9.31. The minimum atomic E-state index is 0.616. The molecule has 1 heterocycles. The molecule has 0 amide bonds. The van der Waals surface area contributed by atoms with Gasteiger partial charge in [0.25, 0.3) is 0 Å². The van der Waals surface area contributed by atoms with Gasteiger partial charge in [0.2, 0.25) is 0 Å². The van der Waals surface area contributed by atoms with Crippen LogP contribution in [-0.4, -0.2) is 4.98 Å². The maximum Gasteiger partial charge on any atom is 0.148 e. The number of fused-ring (bicyclic) bond motifs is 1. The van der Waals surface area contributed by atoms with Gasteiger partial charge in [-0.25, -0.2) is 4.98 Å². The molecular weight excluding hydrogens is 314 g/mol. The van der Waals surface area contributed by atoms with Crippen LogP contribution in [-0.2, 0) is 12.8 Å². The molecule has 1 aromatic heterocycles. The second-order valence-electron chi connectivity index (χ2n) is 4.99. The van der Waals surface area contributed by atoms with E-state index in [4.69, 9.17) is 0 Å². The Morgan fingerprint density at radius 1 is 1.35 bits per heavy atom. The van der Waals surface area contributed by atoms with Crippen LogP contribution in [0.4, 0.5) is 11.5 Å². The van der Waals surface area contributed by atoms with Crippen LogP contribution >= 0.6 is 15.9 Å². The van der Waals surface area contributed by atoms with Crippen molar-refractivity contribution in [3.05, 3.63) is 51.1 Å². The first-order chi connectivity index (χ1) is 9.69. The van der Waals surface area contributed by atoms with Crippen molar-refractivity contribution < 1.29 is 0 Å². The van der Waals surface area contributed by atoms with E-state index in [0.29, 0.717) is 11.4 Å². The molecule has 2 aromatic rings. The molecule has 0 aliphatic heterocycles. The lowest BCUT2D eigenvalue weighted by molar-refractivity contribution is 0.900. The molecule has 1 aliphatic rings. The van der Waals surface area contributed by atoms with Crippen molar-refractivity contribution in [1.29, 1.82) is 5.26 Å². The van der Waals surface area contributed by atoms with Crippen molar-refractivity contribution in [2.75, 3.05) is 5.32 Å². The number of nitrogens with zero attached hydrogens (tertiary/aromatic N) is 2. The van der Waals surface area contributed by atoms with Crippen LogP contribution in [0.1, 0.15) is 28.8 Å². The van der Waals surface area contributed by atoms with Gasteiger partial charge in [-0.05, 0) is 55.5 Å². The quantitative estimate of drug-likeness (QED) is 0.896. The topological polar surface area (TPSA) is 48.7 Å². The van der Waals surface area contributed by atoms with Crippen LogP contribution in [0.25, 0.3) is 0 Å². The maximum absolute atomic E-state index is 9.31. The average molecular weight is 328 g/mol. The van der Waals surface area contributed by atoms with Gasteiger partial charge in [-0.2, -0.15) is 5.26 Å². The standard InChI is InChI=1S/C16H14BrN3/c1-10-13(17)5-3-6-14(10)19-16-12(9-18)8-11-4-2-7-15(11)20-16/h3,5-6,8H,2,4,7H2,1H3,(H,19,20). The molecule has 0 saturated carbocycles. The van der Waals surface area contributed by atoms with E-state index in [1.165, 1.54) is 5.56 Å². The smallest absolute Gasteiger partial charge is 0.148 e. The van der Waals surface area contributed by atoms with Crippen molar-refractivity contribution in [2.24, 2.45) is 0 Å². The predicted octanol–water partition coefficient (Wildman–Crippen LogP) is 4.26. The van der Waals surface area contributed by atoms with E-state index in [-0.39, 0.29) is 0 Å². The SMILES string of the molecule is Cc1c(Br)cccc1Nc1nc2c(cc1C#N)CCC2. The molecule has 3 nitrogen and oxygen atoms in total. The minimum Gasteiger partial charge on any atom is -0.339 e. The Kier molecular flexibility index (Phi) is 3.45. The lowest BCUT2D eigenvalue weighted by Crippen LogP contribution is -2.02. The lowest BCUT2D eigenvalue weighted by Gasteiger charge is -2.12. The third-order valence-corrected chi connectivity index (χ3v) is 4.55. The monoisotopic (exact) mass is 327 g/mol. The number of hydrogen-bond donors (Lipinski definition) is 1. The highest BCUT2D eigenvalue weighted by Crippen LogP contribution is 2.29. The van der Waals surface area contributed by atoms with Crippen LogP contribution in [0.2, 0.25) is 0 Å². The Bertz CT molecular complexity index is 716. The van der Waals surface area contributed by atoms with E-state index in [1.807, 2.05) is 31.2 Å². The molecule has 0 atom stereocenters. The average Bonchev–Trinajstić information content (AvgIpc) is 2.90. The molecule has 3 rings (SSSR count). The van der Waals surface area contributed by atoms with Crippen LogP contribution in [0, 0.1) is 18.3 Å². The van der Waals surface area contributed by atoms with Crippen molar-refractivity contribution in [1.82, 2.24) is 4.98 Å². The number of hydrogen-bond acceptors (Lipinski definition) is 3. The molecule has 100 valence electrons. The summed E-state index contributed by atoms with van der Waals surface area (Å²) >= 11 is 3.52. The van der Waals surface area contributed by atoms with Gasteiger partial charge >= 0.3 is 0 Å². The fourth-order valence-electron chi connectivity index (χ4n) is 2.52. The Balaban J connectivity index is 2.03. The molecular formula is C16H14BrN3. The van der Waals surface area contributed by atoms with E-state index < -0.39 is 0 Å². The minimum absolute atomic E-state index is 0.616. The van der Waals surface area contributed by atoms with E-state index >= 15 is 0 Å². The van der Waals surface area contributed by atoms with Crippen molar-refractivity contribution in [3.63, 3.8) is 0 Å². The number of halogens is 1. The zero-order chi connectivity index (χ0) is 14.1. The number of anilines is 2. The molecule has 20 heavy (non-hydrogen) atoms. The first kappa shape index (κ1) is 13.1. The summed E-state index contributed by atoms with van der Waals surface area (Å²) in [5.41, 5.74) is 5.04. The summed E-state index contributed by atoms with van der Waals surface area (Å²) < 4.78 is 1.04. The van der Waals surface area contributed by atoms with E-state index in [9.17, 15) is 5.26 Å². The lowest BCUT2D eigenvalue weighted by atomic mass is 10.1. The molecule has 0 bridgehead atoms. The number of nitrogens with one attached hydrogen (secondary N) is 1. The summed E-state index contributed by atoms with van der Waals surface area (Å²) in [6.07, 6.45) is 3.17. The fourth-order valence-corrected chi connectivity index (χ4v) is 2.89. The Morgan fingerprint density at radius 2 is 2.20 bits per heavy atom. The second kappa shape index (κ2) is 5.26. The Morgan fingerprint density at radius 3 is 3.00 bits per heavy atom. The zero-order valence-electron chi connectivity index (χ0n) is 11.2. The van der Waals surface area contributed by atoms with Gasteiger partial charge < -0.3 is 5.32 Å². The summed E-state index contributed by atoms with van der Waals surface area (Å²) in [7, 11) is 0. The van der Waals surface area contributed by atoms with Crippen molar-refractivity contribution in [2.45, 2.75) is 26.2 Å². The van der Waals surface area contributed by atoms with Crippen molar-refractivity contribution >= 4 is 27.4 Å². The molecule has 4 heteroatoms. The predicted molar refractivity (Wildman–Crippen MR) is 83.1 cm³/mol. The second-order valence-corrected chi connectivity index (χ2v) is 5.85. The van der Waals surface area contributed by atoms with Crippen LogP contribution in [0.3, 0.4) is 0 Å². The molecule has 0 spiro atoms. The number of rotatable bonds is 2. The molecule has 0 saturated heterocycles. The Hall–Kier alpha value is -1.86. The highest BCUT2D eigenvalue weighted by molar-refractivity contribution is 9.10. The summed E-state index contributed by atoms with van der Waals surface area (Å²) in [4.78, 5) is 4.64. The van der Waals surface area contributed by atoms with E-state index in [1.54, 1.807) is 0 Å². The van der Waals surface area contributed by atoms with Crippen LogP contribution in [0.5, 0.6) is 0 Å². The first-order valence-corrected chi connectivity index (χ1v) is 7.43. The highest BCUT2D eigenvalue weighted by atomic mass is 79.9. The number of pyridine rings is 1. The van der Waals surface area contributed by atoms with Crippen LogP contribution in [0.15, 0.2) is 28.7 Å². The van der Waals surface area contributed by atoms with Crippen LogP contribution < -0.4 is 5.32 Å². The number of nitriles is 1. The molecule has 1 N–H and O–H groups in total. The summed E-state index contributed by atoms with van der Waals surface area (Å²) in [6, 6.07) is 10.2. The third-order valence-electron chi connectivity index (χ3n) is 3.69. The van der Waals surface area contributed by atoms with Gasteiger partial charge in [-0.3, -0.25) is 0 Å². The van der Waals surface area contributed by atoms with Gasteiger partial charge in [-0.15, -0.1) is 0 Å². The number of benzene rings is 1. The normalized spacial score (nSPS) is 12.8. The van der Waals surface area contributed by atoms with Gasteiger partial charge in [0.1, 0.15) is 11.9 Å². The summed E-state index contributed by atoms with van der Waals surface area (Å²) in [6.45, 7) is 2.03. The zero-order valence-corrected chi connectivity index (χ0v) is 12.8. The van der Waals surface area contributed by atoms with Gasteiger partial charge in [0.15, 0.2) is 0 Å². The van der Waals surface area contributed by atoms with Gasteiger partial charge in [0.05, 0.1) is 5.56 Å².